The Hall–Kier alpha value is 0.310. The smallest absolute Gasteiger partial charge is 0.0130 e. The Labute approximate surface area is 101 Å². The fraction of sp³-hybridized carbons (Fsp3) is 1.00. The van der Waals surface area contributed by atoms with Crippen molar-refractivity contribution in [3.63, 3.8) is 0 Å². The third kappa shape index (κ3) is 10.6. The summed E-state index contributed by atoms with van der Waals surface area (Å²) in [6.07, 6.45) is 6.04. The van der Waals surface area contributed by atoms with E-state index in [1.54, 1.807) is 0 Å². The van der Waals surface area contributed by atoms with Gasteiger partial charge in [0.05, 0.1) is 0 Å². The largest absolute Gasteiger partial charge is 0.312 e. The number of rotatable bonds is 7. The Kier molecular flexibility index (Phi) is 6.94. The first kappa shape index (κ1) is 15.3. The first-order chi connectivity index (χ1) is 6.77. The second-order valence-corrected chi connectivity index (χ2v) is 7.23. The van der Waals surface area contributed by atoms with E-state index in [0.717, 1.165) is 6.54 Å². The van der Waals surface area contributed by atoms with E-state index in [2.05, 4.69) is 46.2 Å². The number of unbranched alkanes of at least 4 members (excludes halogenated alkanes) is 1. The average molecular weight is 231 g/mol. The molecule has 0 atom stereocenters. The highest BCUT2D eigenvalue weighted by Crippen LogP contribution is 2.26. The van der Waals surface area contributed by atoms with Gasteiger partial charge in [0.25, 0.3) is 0 Å². The van der Waals surface area contributed by atoms with Crippen LogP contribution in [0.4, 0.5) is 0 Å². The lowest BCUT2D eigenvalue weighted by Crippen LogP contribution is -2.42. The molecule has 0 heterocycles. The number of hydrogen-bond donors (Lipinski definition) is 1. The molecule has 0 aliphatic rings. The summed E-state index contributed by atoms with van der Waals surface area (Å²) < 4.78 is 0. The van der Waals surface area contributed by atoms with E-state index >= 15 is 0 Å². The van der Waals surface area contributed by atoms with Crippen LogP contribution in [-0.2, 0) is 0 Å². The molecule has 0 aromatic carbocycles. The Balaban J connectivity index is 3.65. The molecule has 2 heteroatoms. The van der Waals surface area contributed by atoms with E-state index in [4.69, 9.17) is 0 Å². The molecule has 0 saturated carbocycles. The standard InChI is InChI=1S/C13H29NS/c1-12(2,3)11-13(4,5)14-9-7-8-10-15-6/h14H,7-11H2,1-6H3. The van der Waals surface area contributed by atoms with Crippen LogP contribution in [0.3, 0.4) is 0 Å². The zero-order valence-electron chi connectivity index (χ0n) is 11.4. The van der Waals surface area contributed by atoms with Crippen LogP contribution >= 0.6 is 11.8 Å². The van der Waals surface area contributed by atoms with Crippen LogP contribution in [0.2, 0.25) is 0 Å². The molecule has 92 valence electrons. The van der Waals surface area contributed by atoms with Crippen molar-refractivity contribution < 1.29 is 0 Å². The van der Waals surface area contributed by atoms with E-state index in [0.29, 0.717) is 5.41 Å². The van der Waals surface area contributed by atoms with Gasteiger partial charge in [-0.3, -0.25) is 0 Å². The summed E-state index contributed by atoms with van der Waals surface area (Å²) in [7, 11) is 0. The summed E-state index contributed by atoms with van der Waals surface area (Å²) in [4.78, 5) is 0. The topological polar surface area (TPSA) is 12.0 Å². The van der Waals surface area contributed by atoms with Gasteiger partial charge in [-0.25, -0.2) is 0 Å². The van der Waals surface area contributed by atoms with E-state index in [1.807, 2.05) is 11.8 Å². The number of hydrogen-bond acceptors (Lipinski definition) is 2. The van der Waals surface area contributed by atoms with E-state index < -0.39 is 0 Å². The van der Waals surface area contributed by atoms with E-state index in [-0.39, 0.29) is 5.54 Å². The molecule has 0 unspecified atom stereocenters. The van der Waals surface area contributed by atoms with Gasteiger partial charge in [-0.2, -0.15) is 11.8 Å². The van der Waals surface area contributed by atoms with Crippen molar-refractivity contribution >= 4 is 11.8 Å². The molecular formula is C13H29NS. The van der Waals surface area contributed by atoms with Crippen LogP contribution < -0.4 is 5.32 Å². The Morgan fingerprint density at radius 2 is 1.60 bits per heavy atom. The minimum absolute atomic E-state index is 0.275. The van der Waals surface area contributed by atoms with Crippen LogP contribution in [0.1, 0.15) is 53.9 Å². The maximum absolute atomic E-state index is 3.67. The van der Waals surface area contributed by atoms with Gasteiger partial charge < -0.3 is 5.32 Å². The maximum atomic E-state index is 3.67. The Morgan fingerprint density at radius 1 is 1.00 bits per heavy atom. The minimum atomic E-state index is 0.275. The molecule has 0 saturated heterocycles. The maximum Gasteiger partial charge on any atom is 0.0130 e. The first-order valence-corrected chi connectivity index (χ1v) is 7.40. The van der Waals surface area contributed by atoms with Gasteiger partial charge in [0, 0.05) is 5.54 Å². The minimum Gasteiger partial charge on any atom is -0.312 e. The molecule has 0 spiro atoms. The van der Waals surface area contributed by atoms with Crippen molar-refractivity contribution in [1.29, 1.82) is 0 Å². The van der Waals surface area contributed by atoms with Crippen molar-refractivity contribution in [1.82, 2.24) is 5.32 Å². The molecule has 0 aliphatic carbocycles. The molecule has 0 radical (unpaired) electrons. The fourth-order valence-corrected chi connectivity index (χ4v) is 2.68. The lowest BCUT2D eigenvalue weighted by molar-refractivity contribution is 0.242. The van der Waals surface area contributed by atoms with Crippen LogP contribution in [0.5, 0.6) is 0 Å². The van der Waals surface area contributed by atoms with Crippen molar-refractivity contribution in [2.24, 2.45) is 5.41 Å². The van der Waals surface area contributed by atoms with Gasteiger partial charge in [0.2, 0.25) is 0 Å². The van der Waals surface area contributed by atoms with Crippen LogP contribution in [0.15, 0.2) is 0 Å². The predicted molar refractivity (Wildman–Crippen MR) is 73.8 cm³/mol. The third-order valence-corrected chi connectivity index (χ3v) is 3.05. The molecule has 0 amide bonds. The molecule has 0 fully saturated rings. The molecule has 0 aromatic rings. The highest BCUT2D eigenvalue weighted by atomic mass is 32.2. The van der Waals surface area contributed by atoms with Gasteiger partial charge in [0.15, 0.2) is 0 Å². The van der Waals surface area contributed by atoms with Crippen molar-refractivity contribution in [2.45, 2.75) is 59.4 Å². The monoisotopic (exact) mass is 231 g/mol. The second-order valence-electron chi connectivity index (χ2n) is 6.25. The lowest BCUT2D eigenvalue weighted by Gasteiger charge is -2.33. The lowest BCUT2D eigenvalue weighted by atomic mass is 9.82. The Morgan fingerprint density at radius 3 is 2.07 bits per heavy atom. The zero-order valence-corrected chi connectivity index (χ0v) is 12.3. The van der Waals surface area contributed by atoms with Gasteiger partial charge >= 0.3 is 0 Å². The Bertz CT molecular complexity index is 158. The van der Waals surface area contributed by atoms with Crippen LogP contribution in [0.25, 0.3) is 0 Å². The first-order valence-electron chi connectivity index (χ1n) is 6.01. The van der Waals surface area contributed by atoms with E-state index in [1.165, 1.54) is 25.0 Å². The molecule has 1 nitrogen and oxygen atoms in total. The molecular weight excluding hydrogens is 202 g/mol. The molecule has 0 rings (SSSR count). The molecule has 15 heavy (non-hydrogen) atoms. The van der Waals surface area contributed by atoms with Gasteiger partial charge in [-0.05, 0) is 57.1 Å². The van der Waals surface area contributed by atoms with Crippen molar-refractivity contribution in [3.8, 4) is 0 Å². The van der Waals surface area contributed by atoms with Gasteiger partial charge in [-0.15, -0.1) is 0 Å². The zero-order chi connectivity index (χ0) is 11.9. The summed E-state index contributed by atoms with van der Waals surface area (Å²) in [5.74, 6) is 1.29. The number of nitrogens with one attached hydrogen (secondary N) is 1. The van der Waals surface area contributed by atoms with E-state index in [9.17, 15) is 0 Å². The summed E-state index contributed by atoms with van der Waals surface area (Å²) in [5.41, 5.74) is 0.688. The highest BCUT2D eigenvalue weighted by molar-refractivity contribution is 7.98. The van der Waals surface area contributed by atoms with Crippen molar-refractivity contribution in [2.75, 3.05) is 18.6 Å². The number of thioether (sulfide) groups is 1. The third-order valence-electron chi connectivity index (χ3n) is 2.35. The summed E-state index contributed by atoms with van der Waals surface area (Å²) >= 11 is 1.94. The fourth-order valence-electron chi connectivity index (χ4n) is 2.19. The van der Waals surface area contributed by atoms with Crippen LogP contribution in [-0.4, -0.2) is 24.1 Å². The molecule has 0 aliphatic heterocycles. The van der Waals surface area contributed by atoms with Gasteiger partial charge in [-0.1, -0.05) is 20.8 Å². The predicted octanol–water partition coefficient (Wildman–Crippen LogP) is 3.93. The van der Waals surface area contributed by atoms with Gasteiger partial charge in [0.1, 0.15) is 0 Å². The summed E-state index contributed by atoms with van der Waals surface area (Å²) in [5, 5.41) is 3.67. The molecule has 0 bridgehead atoms. The summed E-state index contributed by atoms with van der Waals surface area (Å²) in [6.45, 7) is 12.7. The molecule has 0 aromatic heterocycles. The quantitative estimate of drug-likeness (QED) is 0.666. The molecule has 1 N–H and O–H groups in total. The summed E-state index contributed by atoms with van der Waals surface area (Å²) in [6, 6.07) is 0. The normalized spacial score (nSPS) is 13.2. The second kappa shape index (κ2) is 6.80. The average Bonchev–Trinajstić information content (AvgIpc) is 1.99. The van der Waals surface area contributed by atoms with Crippen LogP contribution in [0, 0.1) is 5.41 Å². The highest BCUT2D eigenvalue weighted by Gasteiger charge is 2.24. The SMILES string of the molecule is CSCCCCNC(C)(C)CC(C)(C)C. The van der Waals surface area contributed by atoms with Crippen molar-refractivity contribution in [3.05, 3.63) is 0 Å².